The molecule has 15 heavy (non-hydrogen) atoms. The Labute approximate surface area is 96.3 Å². The van der Waals surface area contributed by atoms with Crippen LogP contribution < -0.4 is 0 Å². The third-order valence-corrected chi connectivity index (χ3v) is 4.84. The molecule has 0 aromatic rings. The fourth-order valence-electron chi connectivity index (χ4n) is 1.24. The topological polar surface area (TPSA) is 46.4 Å². The summed E-state index contributed by atoms with van der Waals surface area (Å²) in [5.74, 6) is 0. The van der Waals surface area contributed by atoms with Crippen LogP contribution in [0.25, 0.3) is 0 Å². The number of nitro groups is 1. The van der Waals surface area contributed by atoms with Gasteiger partial charge in [0, 0.05) is 31.2 Å². The lowest BCUT2D eigenvalue weighted by molar-refractivity contribution is -0.561. The highest BCUT2D eigenvalue weighted by molar-refractivity contribution is 8.01. The second kappa shape index (κ2) is 6.73. The van der Waals surface area contributed by atoms with Crippen molar-refractivity contribution >= 4 is 17.3 Å². The normalized spacial score (nSPS) is 15.1. The molecule has 0 saturated heterocycles. The number of hydrogen-bond donors (Lipinski definition) is 0. The molecular formula is C9H22N2O2P2. The first-order valence-corrected chi connectivity index (χ1v) is 7.90. The van der Waals surface area contributed by atoms with E-state index in [1.54, 1.807) is 13.8 Å². The monoisotopic (exact) mass is 252 g/mol. The van der Waals surface area contributed by atoms with E-state index in [4.69, 9.17) is 0 Å². The fraction of sp³-hybridized carbons (Fsp3) is 1.00. The average molecular weight is 252 g/mol. The zero-order chi connectivity index (χ0) is 12.1. The van der Waals surface area contributed by atoms with E-state index in [-0.39, 0.29) is 4.92 Å². The first kappa shape index (κ1) is 15.2. The Hall–Kier alpha value is 0.220. The first-order valence-electron chi connectivity index (χ1n) is 5.15. The summed E-state index contributed by atoms with van der Waals surface area (Å²) in [4.78, 5) is 10.5. The minimum absolute atomic E-state index is 0.182. The van der Waals surface area contributed by atoms with Gasteiger partial charge in [0.15, 0.2) is 0 Å². The van der Waals surface area contributed by atoms with E-state index >= 15 is 0 Å². The molecule has 0 saturated carbocycles. The van der Waals surface area contributed by atoms with Crippen LogP contribution in [0.3, 0.4) is 0 Å². The lowest BCUT2D eigenvalue weighted by atomic mass is 9.97. The summed E-state index contributed by atoms with van der Waals surface area (Å²) in [6, 6.07) is 0.503. The van der Waals surface area contributed by atoms with Crippen molar-refractivity contribution in [3.05, 3.63) is 10.1 Å². The van der Waals surface area contributed by atoms with Gasteiger partial charge in [-0.25, -0.2) is 0 Å². The Kier molecular flexibility index (Phi) is 6.83. The fourth-order valence-corrected chi connectivity index (χ4v) is 2.39. The third kappa shape index (κ3) is 5.75. The van der Waals surface area contributed by atoms with Gasteiger partial charge in [0.2, 0.25) is 5.54 Å². The molecule has 0 fully saturated rings. The van der Waals surface area contributed by atoms with Crippen LogP contribution in [0.2, 0.25) is 0 Å². The molecule has 3 unspecified atom stereocenters. The molecule has 0 aliphatic carbocycles. The molecule has 0 aliphatic rings. The molecule has 0 radical (unpaired) electrons. The van der Waals surface area contributed by atoms with Crippen LogP contribution in [-0.2, 0) is 0 Å². The maximum atomic E-state index is 10.7. The number of hydrogen-bond acceptors (Lipinski definition) is 3. The lowest BCUT2D eigenvalue weighted by Crippen LogP contribution is -2.31. The molecule has 0 bridgehead atoms. The quantitative estimate of drug-likeness (QED) is 0.397. The van der Waals surface area contributed by atoms with Crippen molar-refractivity contribution in [3.8, 4) is 0 Å². The Morgan fingerprint density at radius 1 is 1.60 bits per heavy atom. The molecular weight excluding hydrogens is 230 g/mol. The predicted octanol–water partition coefficient (Wildman–Crippen LogP) is 2.92. The van der Waals surface area contributed by atoms with E-state index in [1.807, 2.05) is 0 Å². The van der Waals surface area contributed by atoms with E-state index in [0.717, 1.165) is 21.3 Å². The zero-order valence-electron chi connectivity index (χ0n) is 9.99. The molecule has 6 heteroatoms. The van der Waals surface area contributed by atoms with Gasteiger partial charge in [-0.15, -0.1) is 0 Å². The Bertz CT molecular complexity index is 212. The van der Waals surface area contributed by atoms with Gasteiger partial charge in [-0.3, -0.25) is 14.8 Å². The van der Waals surface area contributed by atoms with Crippen LogP contribution in [0, 0.1) is 10.1 Å². The molecule has 90 valence electrons. The third-order valence-electron chi connectivity index (χ3n) is 2.77. The van der Waals surface area contributed by atoms with Crippen molar-refractivity contribution in [3.63, 3.8) is 0 Å². The number of nitrogens with zero attached hydrogens (tertiary/aromatic N) is 2. The second-order valence-corrected chi connectivity index (χ2v) is 6.29. The van der Waals surface area contributed by atoms with E-state index in [0.29, 0.717) is 12.5 Å². The van der Waals surface area contributed by atoms with E-state index in [1.165, 1.54) is 0 Å². The summed E-state index contributed by atoms with van der Waals surface area (Å²) >= 11 is 0. The van der Waals surface area contributed by atoms with Crippen molar-refractivity contribution < 1.29 is 4.92 Å². The highest BCUT2D eigenvalue weighted by Gasteiger charge is 2.29. The van der Waals surface area contributed by atoms with Gasteiger partial charge >= 0.3 is 0 Å². The molecule has 0 rings (SSSR count). The van der Waals surface area contributed by atoms with Crippen LogP contribution in [0.4, 0.5) is 0 Å². The van der Waals surface area contributed by atoms with Crippen molar-refractivity contribution in [1.29, 1.82) is 0 Å². The smallest absolute Gasteiger partial charge is 0.216 e. The van der Waals surface area contributed by atoms with E-state index in [9.17, 15) is 10.1 Å². The van der Waals surface area contributed by atoms with Crippen molar-refractivity contribution in [2.24, 2.45) is 0 Å². The van der Waals surface area contributed by atoms with Gasteiger partial charge < -0.3 is 0 Å². The van der Waals surface area contributed by atoms with Crippen LogP contribution in [0.15, 0.2) is 0 Å². The predicted molar refractivity (Wildman–Crippen MR) is 70.2 cm³/mol. The summed E-state index contributed by atoms with van der Waals surface area (Å²) in [6.45, 7) is 5.55. The van der Waals surface area contributed by atoms with Crippen LogP contribution in [-0.4, -0.2) is 28.2 Å². The number of rotatable bonds is 7. The standard InChI is InChI=1S/C9H22N2O2P2/c1-8(10(4)15-14)6-5-7-9(2,3)11(12)13/h8,15H,5-7,14H2,1-4H3. The van der Waals surface area contributed by atoms with Gasteiger partial charge in [-0.1, -0.05) is 8.93 Å². The Balaban J connectivity index is 3.84. The van der Waals surface area contributed by atoms with Gasteiger partial charge in [-0.2, -0.15) is 0 Å². The lowest BCUT2D eigenvalue weighted by Gasteiger charge is -2.23. The second-order valence-electron chi connectivity index (χ2n) is 4.55. The molecule has 0 spiro atoms. The molecule has 0 amide bonds. The maximum absolute atomic E-state index is 10.7. The van der Waals surface area contributed by atoms with Gasteiger partial charge in [-0.05, 0) is 35.2 Å². The SMILES string of the molecule is CC(CCCC(C)(C)[N+](=O)[O-])N(C)PP. The van der Waals surface area contributed by atoms with E-state index in [2.05, 4.69) is 27.6 Å². The van der Waals surface area contributed by atoms with Gasteiger partial charge in [0.25, 0.3) is 0 Å². The Morgan fingerprint density at radius 2 is 2.13 bits per heavy atom. The van der Waals surface area contributed by atoms with Gasteiger partial charge in [0.05, 0.1) is 0 Å². The average Bonchev–Trinajstić information content (AvgIpc) is 2.15. The summed E-state index contributed by atoms with van der Waals surface area (Å²) in [7, 11) is 5.51. The molecule has 0 aromatic heterocycles. The van der Waals surface area contributed by atoms with Crippen molar-refractivity contribution in [1.82, 2.24) is 4.67 Å². The first-order chi connectivity index (χ1) is 6.81. The largest absolute Gasteiger partial charge is 0.282 e. The summed E-state index contributed by atoms with van der Waals surface area (Å²) in [5, 5.41) is 10.7. The maximum Gasteiger partial charge on any atom is 0.216 e. The Morgan fingerprint density at radius 3 is 2.53 bits per heavy atom. The highest BCUT2D eigenvalue weighted by Crippen LogP contribution is 2.28. The molecule has 0 heterocycles. The molecule has 0 aliphatic heterocycles. The minimum Gasteiger partial charge on any atom is -0.282 e. The van der Waals surface area contributed by atoms with Crippen LogP contribution >= 0.6 is 17.3 Å². The van der Waals surface area contributed by atoms with Crippen molar-refractivity contribution in [2.45, 2.75) is 51.6 Å². The highest BCUT2D eigenvalue weighted by atomic mass is 32.0. The minimum atomic E-state index is -0.776. The van der Waals surface area contributed by atoms with Crippen LogP contribution in [0.1, 0.15) is 40.0 Å². The molecule has 3 atom stereocenters. The summed E-state index contributed by atoms with van der Waals surface area (Å²) in [6.07, 6.45) is 2.59. The van der Waals surface area contributed by atoms with E-state index < -0.39 is 5.54 Å². The summed E-state index contributed by atoms with van der Waals surface area (Å²) < 4.78 is 2.25. The zero-order valence-corrected chi connectivity index (χ0v) is 12.1. The molecule has 4 nitrogen and oxygen atoms in total. The van der Waals surface area contributed by atoms with Gasteiger partial charge in [0.1, 0.15) is 0 Å². The van der Waals surface area contributed by atoms with Crippen molar-refractivity contribution in [2.75, 3.05) is 7.05 Å². The summed E-state index contributed by atoms with van der Waals surface area (Å²) in [5.41, 5.74) is -0.776. The molecule has 0 N–H and O–H groups in total. The molecule has 0 aromatic carbocycles. The van der Waals surface area contributed by atoms with Crippen LogP contribution in [0.5, 0.6) is 0 Å².